The van der Waals surface area contributed by atoms with Gasteiger partial charge in [0.2, 0.25) is 5.95 Å². The lowest BCUT2D eigenvalue weighted by Crippen LogP contribution is -2.36. The van der Waals surface area contributed by atoms with Gasteiger partial charge in [-0.05, 0) is 42.5 Å². The van der Waals surface area contributed by atoms with Crippen molar-refractivity contribution in [2.24, 2.45) is 5.41 Å². The molecule has 2 aromatic carbocycles. The molecule has 7 nitrogen and oxygen atoms in total. The molecule has 0 saturated heterocycles. The number of hydrogen-bond donors (Lipinski definition) is 1. The fraction of sp³-hybridized carbons (Fsp3) is 0.346. The molecule has 170 valence electrons. The summed E-state index contributed by atoms with van der Waals surface area (Å²) in [5.74, 6) is 2.64. The van der Waals surface area contributed by atoms with Crippen LogP contribution >= 0.6 is 0 Å². The lowest BCUT2D eigenvalue weighted by atomic mass is 9.73. The predicted octanol–water partition coefficient (Wildman–Crippen LogP) is 4.93. The molecule has 33 heavy (non-hydrogen) atoms. The van der Waals surface area contributed by atoms with Gasteiger partial charge in [-0.1, -0.05) is 43.7 Å². The zero-order valence-corrected chi connectivity index (χ0v) is 19.6. The fourth-order valence-corrected chi connectivity index (χ4v) is 4.85. The molecule has 1 unspecified atom stereocenters. The van der Waals surface area contributed by atoms with E-state index in [0.717, 1.165) is 34.4 Å². The number of aryl methyl sites for hydroxylation is 1. The van der Waals surface area contributed by atoms with Gasteiger partial charge in [0.1, 0.15) is 6.04 Å². The van der Waals surface area contributed by atoms with Gasteiger partial charge >= 0.3 is 0 Å². The van der Waals surface area contributed by atoms with Crippen LogP contribution in [0.2, 0.25) is 0 Å². The number of ketones is 1. The maximum atomic E-state index is 13.4. The number of benzene rings is 2. The Balaban J connectivity index is 1.69. The molecule has 2 aliphatic rings. The second kappa shape index (κ2) is 7.76. The second-order valence-electron chi connectivity index (χ2n) is 9.55. The molecular weight excluding hydrogens is 416 g/mol. The van der Waals surface area contributed by atoms with Crippen LogP contribution in [0, 0.1) is 12.3 Å². The number of rotatable bonds is 4. The van der Waals surface area contributed by atoms with E-state index in [1.54, 1.807) is 14.2 Å². The monoisotopic (exact) mass is 444 g/mol. The molecule has 2 heterocycles. The maximum absolute atomic E-state index is 13.4. The normalized spacial score (nSPS) is 18.9. The number of Topliss-reactive ketones (excluding diaryl/α,β-unsaturated/α-hetero) is 1. The van der Waals surface area contributed by atoms with E-state index in [9.17, 15) is 4.79 Å². The van der Waals surface area contributed by atoms with Gasteiger partial charge in [0.05, 0.1) is 14.2 Å². The Morgan fingerprint density at radius 1 is 1.06 bits per heavy atom. The van der Waals surface area contributed by atoms with Gasteiger partial charge in [0.25, 0.3) is 0 Å². The number of methoxy groups -OCH3 is 2. The number of ether oxygens (including phenoxy) is 2. The van der Waals surface area contributed by atoms with E-state index in [1.165, 1.54) is 0 Å². The molecule has 0 bridgehead atoms. The minimum atomic E-state index is -0.397. The molecule has 1 aliphatic carbocycles. The summed E-state index contributed by atoms with van der Waals surface area (Å²) in [4.78, 5) is 18.2. The van der Waals surface area contributed by atoms with Crippen molar-refractivity contribution in [2.75, 3.05) is 19.5 Å². The van der Waals surface area contributed by atoms with Crippen LogP contribution in [0.3, 0.4) is 0 Å². The van der Waals surface area contributed by atoms with Crippen LogP contribution < -0.4 is 14.8 Å². The van der Waals surface area contributed by atoms with Crippen LogP contribution in [0.5, 0.6) is 11.5 Å². The predicted molar refractivity (Wildman–Crippen MR) is 127 cm³/mol. The zero-order chi connectivity index (χ0) is 23.3. The number of allylic oxidation sites excluding steroid dienone is 2. The Morgan fingerprint density at radius 3 is 2.58 bits per heavy atom. The number of fused-ring (bicyclic) bond motifs is 1. The van der Waals surface area contributed by atoms with Gasteiger partial charge < -0.3 is 14.8 Å². The van der Waals surface area contributed by atoms with Crippen molar-refractivity contribution < 1.29 is 14.3 Å². The molecule has 1 aromatic heterocycles. The third kappa shape index (κ3) is 3.67. The van der Waals surface area contributed by atoms with Gasteiger partial charge in [-0.3, -0.25) is 4.79 Å². The standard InChI is InChI=1S/C26H28N4O3/c1-15-7-6-8-17(11-15)24-28-25-27-18-13-26(2,3)14-19(31)22(18)23(30(25)29-24)16-9-10-20(32-4)21(12-16)33-5/h6-12,23H,13-14H2,1-5H3,(H,27,28,29). The number of hydrogen-bond acceptors (Lipinski definition) is 6. The quantitative estimate of drug-likeness (QED) is 0.615. The topological polar surface area (TPSA) is 78.3 Å². The molecule has 5 rings (SSSR count). The van der Waals surface area contributed by atoms with Crippen molar-refractivity contribution in [3.05, 3.63) is 64.9 Å². The Hall–Kier alpha value is -3.61. The smallest absolute Gasteiger partial charge is 0.226 e. The Morgan fingerprint density at radius 2 is 1.85 bits per heavy atom. The molecule has 1 atom stereocenters. The molecule has 0 spiro atoms. The van der Waals surface area contributed by atoms with Crippen LogP contribution in [0.25, 0.3) is 11.4 Å². The summed E-state index contributed by atoms with van der Waals surface area (Å²) in [5, 5.41) is 8.30. The molecule has 3 aromatic rings. The highest BCUT2D eigenvalue weighted by molar-refractivity contribution is 6.00. The van der Waals surface area contributed by atoms with Crippen molar-refractivity contribution in [3.63, 3.8) is 0 Å². The van der Waals surface area contributed by atoms with Gasteiger partial charge in [-0.2, -0.15) is 4.98 Å². The third-order valence-corrected chi connectivity index (χ3v) is 6.33. The van der Waals surface area contributed by atoms with Crippen LogP contribution in [0.1, 0.15) is 43.9 Å². The van der Waals surface area contributed by atoms with Crippen molar-refractivity contribution in [2.45, 2.75) is 39.7 Å². The number of carbonyl (C=O) groups excluding carboxylic acids is 1. The highest BCUT2D eigenvalue weighted by Gasteiger charge is 2.42. The van der Waals surface area contributed by atoms with E-state index >= 15 is 0 Å². The minimum absolute atomic E-state index is 0.118. The molecular formula is C26H28N4O3. The van der Waals surface area contributed by atoms with Crippen molar-refractivity contribution in [1.29, 1.82) is 0 Å². The van der Waals surface area contributed by atoms with Gasteiger partial charge in [-0.15, -0.1) is 5.10 Å². The Kier molecular flexibility index (Phi) is 5.00. The van der Waals surface area contributed by atoms with Crippen LogP contribution in [-0.2, 0) is 4.79 Å². The first kappa shape index (κ1) is 21.2. The number of nitrogens with one attached hydrogen (secondary N) is 1. The average Bonchev–Trinajstić information content (AvgIpc) is 3.20. The molecule has 0 amide bonds. The Labute approximate surface area is 193 Å². The second-order valence-corrected chi connectivity index (χ2v) is 9.55. The number of anilines is 1. The summed E-state index contributed by atoms with van der Waals surface area (Å²) >= 11 is 0. The van der Waals surface area contributed by atoms with Gasteiger partial charge in [0, 0.05) is 23.3 Å². The summed E-state index contributed by atoms with van der Waals surface area (Å²) in [6.07, 6.45) is 1.26. The first-order valence-corrected chi connectivity index (χ1v) is 11.1. The number of carbonyl (C=O) groups is 1. The van der Waals surface area contributed by atoms with E-state index in [4.69, 9.17) is 19.6 Å². The molecule has 0 saturated carbocycles. The van der Waals surface area contributed by atoms with E-state index in [1.807, 2.05) is 48.0 Å². The van der Waals surface area contributed by atoms with Crippen LogP contribution in [0.4, 0.5) is 5.95 Å². The highest BCUT2D eigenvalue weighted by atomic mass is 16.5. The van der Waals surface area contributed by atoms with E-state index in [-0.39, 0.29) is 11.2 Å². The SMILES string of the molecule is COc1ccc(C2C3=C(CC(C)(C)CC3=O)Nc3nc(-c4cccc(C)c4)nn32)cc1OC. The fourth-order valence-electron chi connectivity index (χ4n) is 4.85. The summed E-state index contributed by atoms with van der Waals surface area (Å²) < 4.78 is 12.8. The van der Waals surface area contributed by atoms with E-state index in [2.05, 4.69) is 25.2 Å². The zero-order valence-electron chi connectivity index (χ0n) is 19.6. The van der Waals surface area contributed by atoms with Gasteiger partial charge in [-0.25, -0.2) is 4.68 Å². The summed E-state index contributed by atoms with van der Waals surface area (Å²) in [7, 11) is 3.22. The lowest BCUT2D eigenvalue weighted by Gasteiger charge is -2.38. The van der Waals surface area contributed by atoms with Crippen molar-refractivity contribution in [1.82, 2.24) is 14.8 Å². The van der Waals surface area contributed by atoms with E-state index in [0.29, 0.717) is 29.7 Å². The average molecular weight is 445 g/mol. The number of aromatic nitrogens is 3. The first-order chi connectivity index (χ1) is 15.8. The highest BCUT2D eigenvalue weighted by Crippen LogP contribution is 2.46. The molecule has 1 aliphatic heterocycles. The van der Waals surface area contributed by atoms with Crippen LogP contribution in [-0.4, -0.2) is 34.8 Å². The van der Waals surface area contributed by atoms with Gasteiger partial charge in [0.15, 0.2) is 23.1 Å². The molecule has 7 heteroatoms. The summed E-state index contributed by atoms with van der Waals surface area (Å²) in [6, 6.07) is 13.5. The summed E-state index contributed by atoms with van der Waals surface area (Å²) in [5.41, 5.74) is 4.53. The van der Waals surface area contributed by atoms with Crippen LogP contribution in [0.15, 0.2) is 53.7 Å². The Bertz CT molecular complexity index is 1290. The summed E-state index contributed by atoms with van der Waals surface area (Å²) in [6.45, 7) is 6.30. The first-order valence-electron chi connectivity index (χ1n) is 11.1. The lowest BCUT2D eigenvalue weighted by molar-refractivity contribution is -0.118. The largest absolute Gasteiger partial charge is 0.493 e. The molecule has 0 radical (unpaired) electrons. The maximum Gasteiger partial charge on any atom is 0.226 e. The van der Waals surface area contributed by atoms with Crippen molar-refractivity contribution in [3.8, 4) is 22.9 Å². The molecule has 1 N–H and O–H groups in total. The molecule has 0 fully saturated rings. The minimum Gasteiger partial charge on any atom is -0.493 e. The van der Waals surface area contributed by atoms with Crippen molar-refractivity contribution >= 4 is 11.7 Å². The third-order valence-electron chi connectivity index (χ3n) is 6.33. The van der Waals surface area contributed by atoms with E-state index < -0.39 is 6.04 Å². The number of nitrogens with zero attached hydrogens (tertiary/aromatic N) is 3.